The molecule has 0 radical (unpaired) electrons. The van der Waals surface area contributed by atoms with E-state index in [9.17, 15) is 4.79 Å². The first-order valence-corrected chi connectivity index (χ1v) is 5.00. The molecule has 2 saturated heterocycles. The summed E-state index contributed by atoms with van der Waals surface area (Å²) in [6.45, 7) is 5.05. The first kappa shape index (κ1) is 8.81. The summed E-state index contributed by atoms with van der Waals surface area (Å²) in [4.78, 5) is 11.2. The minimum Gasteiger partial charge on any atom is -0.338 e. The minimum absolute atomic E-state index is 0.000000000000000222. The molecule has 1 atom stereocenters. The van der Waals surface area contributed by atoms with E-state index in [1.165, 1.54) is 0 Å². The summed E-state index contributed by atoms with van der Waals surface area (Å²) >= 11 is 0. The Bertz CT molecular complexity index is 211. The van der Waals surface area contributed by atoms with Gasteiger partial charge in [0.15, 0.2) is 0 Å². The van der Waals surface area contributed by atoms with Crippen molar-refractivity contribution in [3.05, 3.63) is 0 Å². The van der Waals surface area contributed by atoms with E-state index in [-0.39, 0.29) is 11.6 Å². The van der Waals surface area contributed by atoms with Crippen LogP contribution in [0, 0.1) is 5.92 Å². The number of nitrogens with one attached hydrogen (secondary N) is 3. The number of carbonyl (C=O) groups is 1. The van der Waals surface area contributed by atoms with Gasteiger partial charge in [0.1, 0.15) is 0 Å². The monoisotopic (exact) mass is 183 g/mol. The van der Waals surface area contributed by atoms with Crippen molar-refractivity contribution in [3.8, 4) is 0 Å². The third-order valence-electron chi connectivity index (χ3n) is 3.37. The van der Waals surface area contributed by atoms with Crippen LogP contribution in [0.15, 0.2) is 0 Å². The summed E-state index contributed by atoms with van der Waals surface area (Å²) in [5.41, 5.74) is 0.0631. The predicted octanol–water partition coefficient (Wildman–Crippen LogP) is 0.0575. The van der Waals surface area contributed by atoms with Gasteiger partial charge in [0.25, 0.3) is 0 Å². The first-order chi connectivity index (χ1) is 6.23. The molecule has 4 heteroatoms. The molecule has 0 aromatic carbocycles. The summed E-state index contributed by atoms with van der Waals surface area (Å²) in [6.07, 6.45) is 2.11. The predicted molar refractivity (Wildman–Crippen MR) is 50.5 cm³/mol. The van der Waals surface area contributed by atoms with E-state index in [4.69, 9.17) is 0 Å². The highest BCUT2D eigenvalue weighted by Gasteiger charge is 2.41. The molecule has 2 rings (SSSR count). The fraction of sp³-hybridized carbons (Fsp3) is 0.889. The fourth-order valence-electron chi connectivity index (χ4n) is 2.33. The molecule has 0 saturated carbocycles. The summed E-state index contributed by atoms with van der Waals surface area (Å²) in [6, 6.07) is 0.000000000000000222. The van der Waals surface area contributed by atoms with Crippen molar-refractivity contribution < 1.29 is 4.79 Å². The Morgan fingerprint density at radius 2 is 2.08 bits per heavy atom. The summed E-state index contributed by atoms with van der Waals surface area (Å²) < 4.78 is 0. The van der Waals surface area contributed by atoms with Gasteiger partial charge in [0, 0.05) is 12.1 Å². The molecule has 1 spiro atoms. The fourth-order valence-corrected chi connectivity index (χ4v) is 2.33. The lowest BCUT2D eigenvalue weighted by atomic mass is 9.76. The number of carbonyl (C=O) groups excluding carboxylic acids is 1. The molecule has 0 aliphatic carbocycles. The number of urea groups is 1. The van der Waals surface area contributed by atoms with Crippen LogP contribution in [0.25, 0.3) is 0 Å². The first-order valence-electron chi connectivity index (χ1n) is 5.00. The highest BCUT2D eigenvalue weighted by Crippen LogP contribution is 2.28. The van der Waals surface area contributed by atoms with Crippen molar-refractivity contribution in [1.82, 2.24) is 16.0 Å². The van der Waals surface area contributed by atoms with Crippen molar-refractivity contribution in [2.45, 2.75) is 25.3 Å². The zero-order chi connectivity index (χ0) is 9.31. The molecule has 13 heavy (non-hydrogen) atoms. The summed E-state index contributed by atoms with van der Waals surface area (Å²) in [5, 5.41) is 9.24. The SMILES string of the molecule is CC1CNC(=O)NC12CCNCC2. The standard InChI is InChI=1S/C9H17N3O/c1-7-6-11-8(13)12-9(7)2-4-10-5-3-9/h7,10H,2-6H2,1H3,(H2,11,12,13). The van der Waals surface area contributed by atoms with E-state index >= 15 is 0 Å². The minimum atomic E-state index is 0.000000000000000222. The van der Waals surface area contributed by atoms with Gasteiger partial charge in [-0.2, -0.15) is 0 Å². The normalized spacial score (nSPS) is 32.4. The van der Waals surface area contributed by atoms with Crippen LogP contribution in [-0.4, -0.2) is 31.2 Å². The molecule has 1 unspecified atom stereocenters. The van der Waals surface area contributed by atoms with E-state index in [1.54, 1.807) is 0 Å². The Morgan fingerprint density at radius 1 is 1.38 bits per heavy atom. The Balaban J connectivity index is 2.11. The second kappa shape index (κ2) is 3.18. The average molecular weight is 183 g/mol. The van der Waals surface area contributed by atoms with Crippen LogP contribution in [0.5, 0.6) is 0 Å². The van der Waals surface area contributed by atoms with Crippen LogP contribution in [0.4, 0.5) is 4.79 Å². The van der Waals surface area contributed by atoms with Crippen molar-refractivity contribution >= 4 is 6.03 Å². The molecule has 2 amide bonds. The van der Waals surface area contributed by atoms with Crippen molar-refractivity contribution in [3.63, 3.8) is 0 Å². The van der Waals surface area contributed by atoms with Gasteiger partial charge in [-0.1, -0.05) is 6.92 Å². The van der Waals surface area contributed by atoms with Crippen LogP contribution < -0.4 is 16.0 Å². The van der Waals surface area contributed by atoms with Gasteiger partial charge in [-0.3, -0.25) is 0 Å². The average Bonchev–Trinajstić information content (AvgIpc) is 2.14. The van der Waals surface area contributed by atoms with Gasteiger partial charge in [-0.25, -0.2) is 4.79 Å². The Kier molecular flexibility index (Phi) is 2.15. The zero-order valence-electron chi connectivity index (χ0n) is 8.02. The third kappa shape index (κ3) is 1.50. The molecular weight excluding hydrogens is 166 g/mol. The van der Waals surface area contributed by atoms with Gasteiger partial charge >= 0.3 is 6.03 Å². The van der Waals surface area contributed by atoms with E-state index < -0.39 is 0 Å². The molecule has 0 aromatic heterocycles. The second-order valence-electron chi connectivity index (χ2n) is 4.14. The molecule has 2 fully saturated rings. The zero-order valence-corrected chi connectivity index (χ0v) is 8.02. The maximum Gasteiger partial charge on any atom is 0.315 e. The largest absolute Gasteiger partial charge is 0.338 e. The number of hydrogen-bond donors (Lipinski definition) is 3. The Labute approximate surface area is 78.5 Å². The number of piperidine rings is 1. The van der Waals surface area contributed by atoms with Gasteiger partial charge in [-0.05, 0) is 31.8 Å². The Morgan fingerprint density at radius 3 is 2.77 bits per heavy atom. The lowest BCUT2D eigenvalue weighted by molar-refractivity contribution is 0.139. The number of hydrogen-bond acceptors (Lipinski definition) is 2. The van der Waals surface area contributed by atoms with Gasteiger partial charge in [0.2, 0.25) is 0 Å². The molecule has 0 bridgehead atoms. The molecule has 2 heterocycles. The molecular formula is C9H17N3O. The Hall–Kier alpha value is -0.770. The van der Waals surface area contributed by atoms with Gasteiger partial charge in [-0.15, -0.1) is 0 Å². The van der Waals surface area contributed by atoms with Gasteiger partial charge in [0.05, 0.1) is 0 Å². The van der Waals surface area contributed by atoms with Crippen LogP contribution >= 0.6 is 0 Å². The van der Waals surface area contributed by atoms with Crippen molar-refractivity contribution in [2.75, 3.05) is 19.6 Å². The molecule has 4 nitrogen and oxygen atoms in total. The van der Waals surface area contributed by atoms with Crippen LogP contribution in [-0.2, 0) is 0 Å². The van der Waals surface area contributed by atoms with E-state index in [0.29, 0.717) is 5.92 Å². The van der Waals surface area contributed by atoms with Crippen LogP contribution in [0.3, 0.4) is 0 Å². The maximum absolute atomic E-state index is 11.2. The number of rotatable bonds is 0. The van der Waals surface area contributed by atoms with Crippen molar-refractivity contribution in [1.29, 1.82) is 0 Å². The van der Waals surface area contributed by atoms with E-state index in [1.807, 2.05) is 0 Å². The van der Waals surface area contributed by atoms with Crippen molar-refractivity contribution in [2.24, 2.45) is 5.92 Å². The second-order valence-corrected chi connectivity index (χ2v) is 4.14. The summed E-state index contributed by atoms with van der Waals surface area (Å²) in [5.74, 6) is 0.535. The molecule has 2 aliphatic rings. The molecule has 0 aromatic rings. The van der Waals surface area contributed by atoms with Crippen LogP contribution in [0.1, 0.15) is 19.8 Å². The number of amides is 2. The lowest BCUT2D eigenvalue weighted by Crippen LogP contribution is -2.66. The molecule has 3 N–H and O–H groups in total. The quantitative estimate of drug-likeness (QED) is 0.497. The van der Waals surface area contributed by atoms with E-state index in [2.05, 4.69) is 22.9 Å². The molecule has 74 valence electrons. The topological polar surface area (TPSA) is 53.2 Å². The van der Waals surface area contributed by atoms with Crippen LogP contribution in [0.2, 0.25) is 0 Å². The third-order valence-corrected chi connectivity index (χ3v) is 3.37. The van der Waals surface area contributed by atoms with E-state index in [0.717, 1.165) is 32.5 Å². The smallest absolute Gasteiger partial charge is 0.315 e. The lowest BCUT2D eigenvalue weighted by Gasteiger charge is -2.46. The van der Waals surface area contributed by atoms with Gasteiger partial charge < -0.3 is 16.0 Å². The summed E-state index contributed by atoms with van der Waals surface area (Å²) in [7, 11) is 0. The maximum atomic E-state index is 11.2. The molecule has 2 aliphatic heterocycles. The highest BCUT2D eigenvalue weighted by atomic mass is 16.2. The highest BCUT2D eigenvalue weighted by molar-refractivity contribution is 5.75.